The molecule has 1 heterocycles. The summed E-state index contributed by atoms with van der Waals surface area (Å²) in [5.74, 6) is -0.498. The first-order chi connectivity index (χ1) is 8.13. The zero-order valence-electron chi connectivity index (χ0n) is 9.30. The Hall–Kier alpha value is -2.35. The maximum absolute atomic E-state index is 11.9. The molecule has 0 bridgehead atoms. The van der Waals surface area contributed by atoms with E-state index in [1.807, 2.05) is 6.07 Å². The molecule has 1 fully saturated rings. The molecule has 1 N–H and O–H groups in total. The van der Waals surface area contributed by atoms with Crippen molar-refractivity contribution in [1.29, 1.82) is 5.26 Å². The molecule has 1 aliphatic heterocycles. The highest BCUT2D eigenvalue weighted by molar-refractivity contribution is 6.16. The van der Waals surface area contributed by atoms with Crippen LogP contribution < -0.4 is 10.2 Å². The normalized spacial score (nSPS) is 19.8. The van der Waals surface area contributed by atoms with Crippen LogP contribution in [0.2, 0.25) is 0 Å². The van der Waals surface area contributed by atoms with Gasteiger partial charge in [0.25, 0.3) is 0 Å². The minimum atomic E-state index is -0.441. The van der Waals surface area contributed by atoms with E-state index in [0.29, 0.717) is 17.8 Å². The highest BCUT2D eigenvalue weighted by atomic mass is 16.2. The van der Waals surface area contributed by atoms with Crippen molar-refractivity contribution in [3.63, 3.8) is 0 Å². The second kappa shape index (κ2) is 4.26. The van der Waals surface area contributed by atoms with Crippen LogP contribution in [-0.4, -0.2) is 18.5 Å². The van der Waals surface area contributed by atoms with Crippen molar-refractivity contribution in [2.45, 2.75) is 6.92 Å². The van der Waals surface area contributed by atoms with E-state index in [-0.39, 0.29) is 11.8 Å². The zero-order valence-corrected chi connectivity index (χ0v) is 9.30. The third kappa shape index (κ3) is 1.97. The van der Waals surface area contributed by atoms with Gasteiger partial charge in [0.05, 0.1) is 23.2 Å². The van der Waals surface area contributed by atoms with E-state index in [1.54, 1.807) is 25.1 Å². The van der Waals surface area contributed by atoms with Crippen molar-refractivity contribution in [3.05, 3.63) is 29.8 Å². The molecule has 1 saturated heterocycles. The Morgan fingerprint density at radius 3 is 2.94 bits per heavy atom. The number of anilines is 1. The van der Waals surface area contributed by atoms with E-state index in [9.17, 15) is 9.59 Å². The lowest BCUT2D eigenvalue weighted by atomic mass is 10.1. The molecule has 1 unspecified atom stereocenters. The number of rotatable bonds is 1. The zero-order chi connectivity index (χ0) is 12.4. The smallest absolute Gasteiger partial charge is 0.328 e. The predicted molar refractivity (Wildman–Crippen MR) is 61.2 cm³/mol. The van der Waals surface area contributed by atoms with E-state index in [2.05, 4.69) is 5.32 Å². The third-order valence-electron chi connectivity index (χ3n) is 2.64. The third-order valence-corrected chi connectivity index (χ3v) is 2.64. The number of carbonyl (C=O) groups is 2. The molecule has 1 atom stereocenters. The number of imide groups is 1. The topological polar surface area (TPSA) is 73.2 Å². The van der Waals surface area contributed by atoms with Gasteiger partial charge in [-0.05, 0) is 18.2 Å². The molecule has 5 heteroatoms. The fourth-order valence-corrected chi connectivity index (χ4v) is 1.69. The highest BCUT2D eigenvalue weighted by Crippen LogP contribution is 2.20. The van der Waals surface area contributed by atoms with Gasteiger partial charge in [-0.3, -0.25) is 4.79 Å². The fraction of sp³-hybridized carbons (Fsp3) is 0.250. The summed E-state index contributed by atoms with van der Waals surface area (Å²) in [6.07, 6.45) is 0. The molecular formula is C12H11N3O2. The van der Waals surface area contributed by atoms with Gasteiger partial charge in [-0.2, -0.15) is 5.26 Å². The molecule has 5 nitrogen and oxygen atoms in total. The van der Waals surface area contributed by atoms with E-state index < -0.39 is 6.03 Å². The lowest BCUT2D eigenvalue weighted by molar-refractivity contribution is -0.121. The van der Waals surface area contributed by atoms with Crippen LogP contribution in [0.3, 0.4) is 0 Å². The molecule has 0 saturated carbocycles. The van der Waals surface area contributed by atoms with Crippen molar-refractivity contribution in [1.82, 2.24) is 5.32 Å². The summed E-state index contributed by atoms with van der Waals surface area (Å²) >= 11 is 0. The maximum atomic E-state index is 11.9. The number of nitrogens with one attached hydrogen (secondary N) is 1. The molecule has 0 aliphatic carbocycles. The van der Waals surface area contributed by atoms with Crippen LogP contribution in [0, 0.1) is 17.2 Å². The Labute approximate surface area is 98.6 Å². The molecule has 0 aromatic heterocycles. The molecular weight excluding hydrogens is 218 g/mol. The molecule has 1 aromatic rings. The number of benzene rings is 1. The van der Waals surface area contributed by atoms with E-state index in [0.717, 1.165) is 4.90 Å². The standard InChI is InChI=1S/C12H11N3O2/c1-8-7-14-12(17)15(11(8)16)10-4-2-3-9(5-10)6-13/h2-5,8H,7H2,1H3,(H,14,17). The van der Waals surface area contributed by atoms with Gasteiger partial charge >= 0.3 is 6.03 Å². The summed E-state index contributed by atoms with van der Waals surface area (Å²) in [5, 5.41) is 11.4. The fourth-order valence-electron chi connectivity index (χ4n) is 1.69. The molecule has 0 spiro atoms. The monoisotopic (exact) mass is 229 g/mol. The van der Waals surface area contributed by atoms with Crippen LogP contribution in [0.1, 0.15) is 12.5 Å². The van der Waals surface area contributed by atoms with Crippen LogP contribution in [0.15, 0.2) is 24.3 Å². The summed E-state index contributed by atoms with van der Waals surface area (Å²) in [6.45, 7) is 2.11. The van der Waals surface area contributed by atoms with Crippen molar-refractivity contribution in [2.24, 2.45) is 5.92 Å². The first kappa shape index (κ1) is 11.1. The van der Waals surface area contributed by atoms with Crippen molar-refractivity contribution in [2.75, 3.05) is 11.4 Å². The van der Waals surface area contributed by atoms with Gasteiger partial charge in [-0.25, -0.2) is 9.69 Å². The van der Waals surface area contributed by atoms with E-state index >= 15 is 0 Å². The SMILES string of the molecule is CC1CNC(=O)N(c2cccc(C#N)c2)C1=O. The van der Waals surface area contributed by atoms with Gasteiger partial charge in [-0.15, -0.1) is 0 Å². The number of hydrogen-bond donors (Lipinski definition) is 1. The number of urea groups is 1. The lowest BCUT2D eigenvalue weighted by Gasteiger charge is -2.29. The van der Waals surface area contributed by atoms with Crippen LogP contribution in [0.25, 0.3) is 0 Å². The summed E-state index contributed by atoms with van der Waals surface area (Å²) in [6, 6.07) is 7.97. The molecule has 86 valence electrons. The van der Waals surface area contributed by atoms with Crippen molar-refractivity contribution >= 4 is 17.6 Å². The van der Waals surface area contributed by atoms with Gasteiger partial charge in [0, 0.05) is 6.54 Å². The van der Waals surface area contributed by atoms with Gasteiger partial charge < -0.3 is 5.32 Å². The van der Waals surface area contributed by atoms with E-state index in [1.165, 1.54) is 6.07 Å². The first-order valence-corrected chi connectivity index (χ1v) is 5.25. The Morgan fingerprint density at radius 1 is 1.47 bits per heavy atom. The van der Waals surface area contributed by atoms with Crippen LogP contribution >= 0.6 is 0 Å². The lowest BCUT2D eigenvalue weighted by Crippen LogP contribution is -2.54. The largest absolute Gasteiger partial charge is 0.337 e. The summed E-state index contributed by atoms with van der Waals surface area (Å²) in [4.78, 5) is 24.7. The molecule has 0 radical (unpaired) electrons. The van der Waals surface area contributed by atoms with Crippen LogP contribution in [-0.2, 0) is 4.79 Å². The average molecular weight is 229 g/mol. The number of carbonyl (C=O) groups excluding carboxylic acids is 2. The highest BCUT2D eigenvalue weighted by Gasteiger charge is 2.32. The van der Waals surface area contributed by atoms with Gasteiger partial charge in [-0.1, -0.05) is 13.0 Å². The minimum absolute atomic E-state index is 0.246. The molecule has 1 aliphatic rings. The van der Waals surface area contributed by atoms with Crippen molar-refractivity contribution in [3.8, 4) is 6.07 Å². The van der Waals surface area contributed by atoms with Gasteiger partial charge in [0.2, 0.25) is 5.91 Å². The summed E-state index contributed by atoms with van der Waals surface area (Å²) in [5.41, 5.74) is 0.847. The quantitative estimate of drug-likeness (QED) is 0.787. The summed E-state index contributed by atoms with van der Waals surface area (Å²) in [7, 11) is 0. The molecule has 2 rings (SSSR count). The Bertz CT molecular complexity index is 519. The first-order valence-electron chi connectivity index (χ1n) is 5.25. The second-order valence-corrected chi connectivity index (χ2v) is 3.92. The Kier molecular flexibility index (Phi) is 2.79. The van der Waals surface area contributed by atoms with Crippen LogP contribution in [0.5, 0.6) is 0 Å². The van der Waals surface area contributed by atoms with E-state index in [4.69, 9.17) is 5.26 Å². The summed E-state index contributed by atoms with van der Waals surface area (Å²) < 4.78 is 0. The Morgan fingerprint density at radius 2 is 2.24 bits per heavy atom. The van der Waals surface area contributed by atoms with Gasteiger partial charge in [0.15, 0.2) is 0 Å². The average Bonchev–Trinajstić information content (AvgIpc) is 2.35. The molecule has 17 heavy (non-hydrogen) atoms. The number of hydrogen-bond acceptors (Lipinski definition) is 3. The minimum Gasteiger partial charge on any atom is -0.337 e. The Balaban J connectivity index is 2.40. The predicted octanol–water partition coefficient (Wildman–Crippen LogP) is 1.25. The number of nitriles is 1. The molecule has 1 aromatic carbocycles. The number of amides is 3. The van der Waals surface area contributed by atoms with Crippen molar-refractivity contribution < 1.29 is 9.59 Å². The van der Waals surface area contributed by atoms with Gasteiger partial charge in [0.1, 0.15) is 0 Å². The molecule has 3 amide bonds. The van der Waals surface area contributed by atoms with Crippen LogP contribution in [0.4, 0.5) is 10.5 Å². The number of nitrogens with zero attached hydrogens (tertiary/aromatic N) is 2. The second-order valence-electron chi connectivity index (χ2n) is 3.92. The maximum Gasteiger partial charge on any atom is 0.328 e.